The molecule has 0 bridgehead atoms. The van der Waals surface area contributed by atoms with E-state index < -0.39 is 12.2 Å². The monoisotopic (exact) mass is 206 g/mol. The van der Waals surface area contributed by atoms with Crippen LogP contribution in [0.4, 0.5) is 18.9 Å². The Kier molecular flexibility index (Phi) is 2.57. The molecule has 1 aromatic rings. The Labute approximate surface area is 78.1 Å². The zero-order valence-corrected chi connectivity index (χ0v) is 7.05. The molecule has 0 heterocycles. The standard InChI is InChI=1S/C8H9F3N2O/c9-8(10,11)7(13)5-3-4(14)1-2-6(5)12/h1-3,7,14H,12-13H2/t7-/m1/s1. The predicted molar refractivity (Wildman–Crippen MR) is 45.5 cm³/mol. The van der Waals surface area contributed by atoms with E-state index in [-0.39, 0.29) is 17.0 Å². The number of aromatic hydroxyl groups is 1. The Bertz CT molecular complexity index is 338. The first kappa shape index (κ1) is 10.6. The van der Waals surface area contributed by atoms with Crippen molar-refractivity contribution in [3.8, 4) is 5.75 Å². The Morgan fingerprint density at radius 2 is 1.86 bits per heavy atom. The summed E-state index contributed by atoms with van der Waals surface area (Å²) in [6.45, 7) is 0. The van der Waals surface area contributed by atoms with Gasteiger partial charge < -0.3 is 16.6 Å². The number of hydrogen-bond acceptors (Lipinski definition) is 3. The lowest BCUT2D eigenvalue weighted by Crippen LogP contribution is -2.29. The molecule has 1 aromatic carbocycles. The van der Waals surface area contributed by atoms with Crippen LogP contribution in [0.25, 0.3) is 0 Å². The highest BCUT2D eigenvalue weighted by atomic mass is 19.4. The summed E-state index contributed by atoms with van der Waals surface area (Å²) in [4.78, 5) is 0. The molecule has 0 aliphatic rings. The molecule has 0 amide bonds. The average Bonchev–Trinajstić information content (AvgIpc) is 2.06. The summed E-state index contributed by atoms with van der Waals surface area (Å²) in [6.07, 6.45) is -4.57. The molecule has 0 unspecified atom stereocenters. The first-order chi connectivity index (χ1) is 6.32. The number of anilines is 1. The minimum absolute atomic E-state index is 0.0902. The molecule has 0 aromatic heterocycles. The van der Waals surface area contributed by atoms with Crippen molar-refractivity contribution in [1.82, 2.24) is 0 Å². The Balaban J connectivity index is 3.12. The third kappa shape index (κ3) is 2.08. The van der Waals surface area contributed by atoms with Gasteiger partial charge in [0.05, 0.1) is 0 Å². The second-order valence-electron chi connectivity index (χ2n) is 2.83. The number of halogens is 3. The molecule has 1 rings (SSSR count). The summed E-state index contributed by atoms with van der Waals surface area (Å²) < 4.78 is 36.6. The van der Waals surface area contributed by atoms with Gasteiger partial charge in [-0.15, -0.1) is 0 Å². The van der Waals surface area contributed by atoms with E-state index in [4.69, 9.17) is 16.6 Å². The zero-order chi connectivity index (χ0) is 10.9. The highest BCUT2D eigenvalue weighted by Gasteiger charge is 2.38. The van der Waals surface area contributed by atoms with Gasteiger partial charge in [0, 0.05) is 11.3 Å². The summed E-state index contributed by atoms with van der Waals surface area (Å²) in [5.74, 6) is -0.297. The number of phenols is 1. The highest BCUT2D eigenvalue weighted by Crippen LogP contribution is 2.34. The molecule has 0 radical (unpaired) electrons. The molecule has 3 nitrogen and oxygen atoms in total. The molecule has 1 atom stereocenters. The molecule has 14 heavy (non-hydrogen) atoms. The minimum Gasteiger partial charge on any atom is -0.508 e. The van der Waals surface area contributed by atoms with Crippen molar-refractivity contribution < 1.29 is 18.3 Å². The van der Waals surface area contributed by atoms with Crippen LogP contribution in [-0.4, -0.2) is 11.3 Å². The molecule has 0 spiro atoms. The van der Waals surface area contributed by atoms with Crippen LogP contribution in [0.15, 0.2) is 18.2 Å². The van der Waals surface area contributed by atoms with Crippen molar-refractivity contribution >= 4 is 5.69 Å². The predicted octanol–water partition coefficient (Wildman–Crippen LogP) is 1.54. The van der Waals surface area contributed by atoms with Crippen LogP contribution >= 0.6 is 0 Å². The lowest BCUT2D eigenvalue weighted by molar-refractivity contribution is -0.149. The maximum absolute atomic E-state index is 12.2. The van der Waals surface area contributed by atoms with Crippen LogP contribution in [0.5, 0.6) is 5.75 Å². The van der Waals surface area contributed by atoms with E-state index in [2.05, 4.69) is 0 Å². The van der Waals surface area contributed by atoms with Crippen molar-refractivity contribution in [2.45, 2.75) is 12.2 Å². The Morgan fingerprint density at radius 3 is 2.36 bits per heavy atom. The lowest BCUT2D eigenvalue weighted by Gasteiger charge is -2.17. The van der Waals surface area contributed by atoms with Crippen LogP contribution in [0.2, 0.25) is 0 Å². The number of rotatable bonds is 1. The number of benzene rings is 1. The van der Waals surface area contributed by atoms with Gasteiger partial charge in [-0.3, -0.25) is 0 Å². The quantitative estimate of drug-likeness (QED) is 0.482. The maximum atomic E-state index is 12.2. The molecule has 0 saturated heterocycles. The van der Waals surface area contributed by atoms with Crippen molar-refractivity contribution in [2.24, 2.45) is 5.73 Å². The first-order valence-electron chi connectivity index (χ1n) is 3.73. The van der Waals surface area contributed by atoms with E-state index in [9.17, 15) is 13.2 Å². The second kappa shape index (κ2) is 3.38. The molecule has 5 N–H and O–H groups in total. The smallest absolute Gasteiger partial charge is 0.407 e. The van der Waals surface area contributed by atoms with Crippen LogP contribution in [0.1, 0.15) is 11.6 Å². The number of alkyl halides is 3. The van der Waals surface area contributed by atoms with Gasteiger partial charge in [-0.2, -0.15) is 13.2 Å². The van der Waals surface area contributed by atoms with E-state index in [0.717, 1.165) is 6.07 Å². The lowest BCUT2D eigenvalue weighted by atomic mass is 10.1. The summed E-state index contributed by atoms with van der Waals surface area (Å²) >= 11 is 0. The van der Waals surface area contributed by atoms with E-state index in [1.54, 1.807) is 0 Å². The fourth-order valence-electron chi connectivity index (χ4n) is 1.01. The average molecular weight is 206 g/mol. The number of hydrogen-bond donors (Lipinski definition) is 3. The van der Waals surface area contributed by atoms with Crippen molar-refractivity contribution in [1.29, 1.82) is 0 Å². The molecule has 0 aliphatic carbocycles. The van der Waals surface area contributed by atoms with Gasteiger partial charge >= 0.3 is 6.18 Å². The van der Waals surface area contributed by atoms with Gasteiger partial charge in [0.15, 0.2) is 0 Å². The highest BCUT2D eigenvalue weighted by molar-refractivity contribution is 5.52. The summed E-state index contributed by atoms with van der Waals surface area (Å²) in [5.41, 5.74) is 9.81. The van der Waals surface area contributed by atoms with Crippen LogP contribution < -0.4 is 11.5 Å². The Hall–Kier alpha value is -1.43. The zero-order valence-electron chi connectivity index (χ0n) is 7.05. The Morgan fingerprint density at radius 1 is 1.29 bits per heavy atom. The van der Waals surface area contributed by atoms with E-state index in [1.807, 2.05) is 0 Å². The molecular formula is C8H9F3N2O. The second-order valence-corrected chi connectivity index (χ2v) is 2.83. The summed E-state index contributed by atoms with van der Waals surface area (Å²) in [6, 6.07) is 1.11. The van der Waals surface area contributed by atoms with E-state index in [0.29, 0.717) is 0 Å². The number of nitrogens with two attached hydrogens (primary N) is 2. The van der Waals surface area contributed by atoms with Gasteiger partial charge in [-0.05, 0) is 18.2 Å². The summed E-state index contributed by atoms with van der Waals surface area (Å²) in [5, 5.41) is 8.97. The molecule has 78 valence electrons. The van der Waals surface area contributed by atoms with E-state index in [1.165, 1.54) is 12.1 Å². The molecule has 0 aliphatic heterocycles. The fourth-order valence-corrected chi connectivity index (χ4v) is 1.01. The van der Waals surface area contributed by atoms with Crippen LogP contribution in [0.3, 0.4) is 0 Å². The van der Waals surface area contributed by atoms with Gasteiger partial charge in [-0.1, -0.05) is 0 Å². The van der Waals surface area contributed by atoms with Gasteiger partial charge in [0.2, 0.25) is 0 Å². The summed E-state index contributed by atoms with van der Waals surface area (Å²) in [7, 11) is 0. The normalized spacial score (nSPS) is 14.0. The van der Waals surface area contributed by atoms with Crippen molar-refractivity contribution in [3.05, 3.63) is 23.8 Å². The van der Waals surface area contributed by atoms with Gasteiger partial charge in [0.25, 0.3) is 0 Å². The van der Waals surface area contributed by atoms with Crippen molar-refractivity contribution in [3.63, 3.8) is 0 Å². The van der Waals surface area contributed by atoms with E-state index >= 15 is 0 Å². The molecule has 0 fully saturated rings. The van der Waals surface area contributed by atoms with Crippen LogP contribution in [-0.2, 0) is 0 Å². The fraction of sp³-hybridized carbons (Fsp3) is 0.250. The number of nitrogen functional groups attached to an aromatic ring is 1. The third-order valence-electron chi connectivity index (χ3n) is 1.76. The topological polar surface area (TPSA) is 72.3 Å². The van der Waals surface area contributed by atoms with Gasteiger partial charge in [-0.25, -0.2) is 0 Å². The minimum atomic E-state index is -4.57. The van der Waals surface area contributed by atoms with Crippen LogP contribution in [0, 0.1) is 0 Å². The molecule has 6 heteroatoms. The molecule has 0 saturated carbocycles. The SMILES string of the molecule is Nc1ccc(O)cc1[C@@H](N)C(F)(F)F. The van der Waals surface area contributed by atoms with Gasteiger partial charge in [0.1, 0.15) is 11.8 Å². The number of phenolic OH excluding ortho intramolecular Hbond substituents is 1. The van der Waals surface area contributed by atoms with Crippen molar-refractivity contribution in [2.75, 3.05) is 5.73 Å². The molecular weight excluding hydrogens is 197 g/mol. The maximum Gasteiger partial charge on any atom is 0.407 e. The first-order valence-corrected chi connectivity index (χ1v) is 3.73. The third-order valence-corrected chi connectivity index (χ3v) is 1.76. The largest absolute Gasteiger partial charge is 0.508 e.